The number of amides is 1. The van der Waals surface area contributed by atoms with Crippen LogP contribution < -0.4 is 10.1 Å². The van der Waals surface area contributed by atoms with Gasteiger partial charge in [-0.05, 0) is 42.7 Å². The number of nitrogens with zero attached hydrogens (tertiary/aromatic N) is 4. The van der Waals surface area contributed by atoms with Gasteiger partial charge in [0.25, 0.3) is 0 Å². The number of aromatic nitrogens is 4. The normalized spacial score (nSPS) is 13.1. The number of aromatic amines is 1. The van der Waals surface area contributed by atoms with Crippen LogP contribution >= 0.6 is 0 Å². The summed E-state index contributed by atoms with van der Waals surface area (Å²) in [6.07, 6.45) is 4.81. The Morgan fingerprint density at radius 3 is 2.97 bits per heavy atom. The second-order valence-electron chi connectivity index (χ2n) is 8.07. The molecule has 0 saturated carbocycles. The van der Waals surface area contributed by atoms with Gasteiger partial charge in [-0.2, -0.15) is 0 Å². The lowest BCUT2D eigenvalue weighted by Gasteiger charge is -2.27. The van der Waals surface area contributed by atoms with Crippen LogP contribution in [0.3, 0.4) is 0 Å². The van der Waals surface area contributed by atoms with E-state index in [4.69, 9.17) is 4.74 Å². The van der Waals surface area contributed by atoms with Crippen LogP contribution in [0.15, 0.2) is 42.9 Å². The number of fused-ring (bicyclic) bond motifs is 2. The minimum Gasteiger partial charge on any atom is -0.497 e. The molecule has 1 aliphatic rings. The van der Waals surface area contributed by atoms with Crippen molar-refractivity contribution in [1.29, 1.82) is 0 Å². The van der Waals surface area contributed by atoms with Crippen molar-refractivity contribution in [2.24, 2.45) is 0 Å². The molecule has 5 rings (SSSR count). The van der Waals surface area contributed by atoms with Crippen molar-refractivity contribution in [2.45, 2.75) is 19.4 Å². The van der Waals surface area contributed by atoms with E-state index in [0.29, 0.717) is 42.4 Å². The molecule has 4 heterocycles. The van der Waals surface area contributed by atoms with Crippen molar-refractivity contribution in [3.05, 3.63) is 65.5 Å². The number of hydrogen-bond acceptors (Lipinski definition) is 6. The van der Waals surface area contributed by atoms with E-state index in [0.717, 1.165) is 40.4 Å². The fourth-order valence-corrected chi connectivity index (χ4v) is 4.21. The van der Waals surface area contributed by atoms with Crippen LogP contribution in [0.1, 0.15) is 16.8 Å². The van der Waals surface area contributed by atoms with E-state index in [1.165, 1.54) is 17.2 Å². The molecule has 0 fully saturated rings. The second kappa shape index (κ2) is 8.97. The molecular weight excluding hydrogens is 439 g/mol. The molecule has 0 radical (unpaired) electrons. The minimum absolute atomic E-state index is 0.153. The molecule has 1 aromatic carbocycles. The molecule has 0 bridgehead atoms. The summed E-state index contributed by atoms with van der Waals surface area (Å²) in [4.78, 5) is 29.2. The van der Waals surface area contributed by atoms with Crippen molar-refractivity contribution in [3.8, 4) is 17.1 Å². The van der Waals surface area contributed by atoms with Gasteiger partial charge in [-0.3, -0.25) is 4.98 Å². The first-order valence-corrected chi connectivity index (χ1v) is 10.9. The predicted molar refractivity (Wildman–Crippen MR) is 124 cm³/mol. The van der Waals surface area contributed by atoms with Crippen molar-refractivity contribution in [3.63, 3.8) is 0 Å². The second-order valence-corrected chi connectivity index (χ2v) is 8.07. The third-order valence-corrected chi connectivity index (χ3v) is 5.96. The topological polar surface area (TPSA) is 116 Å². The van der Waals surface area contributed by atoms with Crippen LogP contribution in [0.5, 0.6) is 5.75 Å². The zero-order valence-electron chi connectivity index (χ0n) is 18.5. The number of pyridine rings is 1. The summed E-state index contributed by atoms with van der Waals surface area (Å²) in [5.41, 5.74) is 4.09. The number of anilines is 1. The first-order chi connectivity index (χ1) is 16.5. The van der Waals surface area contributed by atoms with Gasteiger partial charge in [0.1, 0.15) is 17.4 Å². The third-order valence-electron chi connectivity index (χ3n) is 5.96. The van der Waals surface area contributed by atoms with E-state index < -0.39 is 11.9 Å². The number of methoxy groups -OCH3 is 1. The summed E-state index contributed by atoms with van der Waals surface area (Å²) < 4.78 is 19.1. The van der Waals surface area contributed by atoms with E-state index in [9.17, 15) is 14.3 Å². The lowest BCUT2D eigenvalue weighted by Crippen LogP contribution is -2.36. The van der Waals surface area contributed by atoms with Crippen molar-refractivity contribution in [1.82, 2.24) is 24.8 Å². The highest BCUT2D eigenvalue weighted by Gasteiger charge is 2.25. The monoisotopic (exact) mass is 462 g/mol. The molecule has 4 aromatic rings. The molecule has 3 aromatic heterocycles. The number of carboxylic acid groups (broad SMARTS) is 1. The van der Waals surface area contributed by atoms with Crippen LogP contribution in [0.25, 0.3) is 22.3 Å². The van der Waals surface area contributed by atoms with Crippen LogP contribution in [-0.4, -0.2) is 56.2 Å². The lowest BCUT2D eigenvalue weighted by molar-refractivity contribution is 0.139. The van der Waals surface area contributed by atoms with Crippen LogP contribution in [0, 0.1) is 5.82 Å². The largest absolute Gasteiger partial charge is 0.497 e. The maximum Gasteiger partial charge on any atom is 0.407 e. The summed E-state index contributed by atoms with van der Waals surface area (Å²) in [6.45, 7) is 1.11. The van der Waals surface area contributed by atoms with Crippen molar-refractivity contribution in [2.75, 3.05) is 25.5 Å². The molecule has 174 valence electrons. The molecule has 0 unspecified atom stereocenters. The van der Waals surface area contributed by atoms with Gasteiger partial charge in [-0.1, -0.05) is 0 Å². The molecule has 0 atom stereocenters. The van der Waals surface area contributed by atoms with Gasteiger partial charge in [-0.15, -0.1) is 0 Å². The Kier molecular flexibility index (Phi) is 5.70. The van der Waals surface area contributed by atoms with E-state index >= 15 is 0 Å². The zero-order chi connectivity index (χ0) is 23.7. The van der Waals surface area contributed by atoms with E-state index in [1.54, 1.807) is 7.11 Å². The highest BCUT2D eigenvalue weighted by Crippen LogP contribution is 2.28. The number of rotatable bonds is 6. The molecule has 9 nitrogen and oxygen atoms in total. The molecule has 1 amide bonds. The Hall–Kier alpha value is -4.21. The summed E-state index contributed by atoms with van der Waals surface area (Å²) >= 11 is 0. The Morgan fingerprint density at radius 1 is 1.29 bits per heavy atom. The van der Waals surface area contributed by atoms with Crippen LogP contribution in [0.2, 0.25) is 0 Å². The Labute approximate surface area is 194 Å². The smallest absolute Gasteiger partial charge is 0.407 e. The first-order valence-electron chi connectivity index (χ1n) is 10.9. The van der Waals surface area contributed by atoms with Gasteiger partial charge in [0.15, 0.2) is 5.82 Å². The van der Waals surface area contributed by atoms with Crippen molar-refractivity contribution < 1.29 is 19.0 Å². The quantitative estimate of drug-likeness (QED) is 0.398. The number of halogens is 1. The molecule has 0 aliphatic carbocycles. The summed E-state index contributed by atoms with van der Waals surface area (Å²) in [5, 5.41) is 13.9. The minimum atomic E-state index is -0.998. The fourth-order valence-electron chi connectivity index (χ4n) is 4.21. The standard InChI is InChI=1S/C24H23FN6O3/c1-34-17-2-3-20-19(9-17)14(11-28-20)4-6-27-23-18-5-7-31(24(32)33)13-21(18)29-22(30-23)15-8-16(25)12-26-10-15/h2-3,8-12,28H,4-7,13H2,1H3,(H,32,33)(H,27,29,30). The average molecular weight is 462 g/mol. The molecule has 3 N–H and O–H groups in total. The highest BCUT2D eigenvalue weighted by atomic mass is 19.1. The number of carbonyl (C=O) groups is 1. The van der Waals surface area contributed by atoms with Gasteiger partial charge in [0.05, 0.1) is 25.5 Å². The zero-order valence-corrected chi connectivity index (χ0v) is 18.5. The van der Waals surface area contributed by atoms with Gasteiger partial charge >= 0.3 is 6.09 Å². The highest BCUT2D eigenvalue weighted by molar-refractivity contribution is 5.84. The number of H-pyrrole nitrogens is 1. The Bertz CT molecular complexity index is 1370. The Balaban J connectivity index is 1.43. The maximum atomic E-state index is 13.8. The number of nitrogens with one attached hydrogen (secondary N) is 2. The molecule has 1 aliphatic heterocycles. The van der Waals surface area contributed by atoms with Gasteiger partial charge < -0.3 is 25.0 Å². The summed E-state index contributed by atoms with van der Waals surface area (Å²) in [5.74, 6) is 1.24. The summed E-state index contributed by atoms with van der Waals surface area (Å²) in [7, 11) is 1.64. The molecule has 0 saturated heterocycles. The number of benzene rings is 1. The third kappa shape index (κ3) is 4.21. The SMILES string of the molecule is COc1ccc2[nH]cc(CCNc3nc(-c4cncc(F)c4)nc4c3CCN(C(=O)O)C4)c2c1. The van der Waals surface area contributed by atoms with Crippen LogP contribution in [0.4, 0.5) is 15.0 Å². The number of ether oxygens (including phenoxy) is 1. The van der Waals surface area contributed by atoms with Crippen molar-refractivity contribution >= 4 is 22.8 Å². The van der Waals surface area contributed by atoms with E-state index in [-0.39, 0.29) is 6.54 Å². The van der Waals surface area contributed by atoms with Gasteiger partial charge in [0, 0.05) is 47.5 Å². The Morgan fingerprint density at radius 2 is 2.18 bits per heavy atom. The average Bonchev–Trinajstić information content (AvgIpc) is 3.25. The summed E-state index contributed by atoms with van der Waals surface area (Å²) in [6, 6.07) is 7.22. The molecule has 10 heteroatoms. The molecular formula is C24H23FN6O3. The number of hydrogen-bond donors (Lipinski definition) is 3. The molecule has 0 spiro atoms. The lowest BCUT2D eigenvalue weighted by atomic mass is 10.0. The molecule has 34 heavy (non-hydrogen) atoms. The fraction of sp³-hybridized carbons (Fsp3) is 0.250. The van der Waals surface area contributed by atoms with Gasteiger partial charge in [-0.25, -0.2) is 19.2 Å². The van der Waals surface area contributed by atoms with E-state index in [1.807, 2.05) is 24.4 Å². The predicted octanol–water partition coefficient (Wildman–Crippen LogP) is 3.86. The first kappa shape index (κ1) is 21.6. The maximum absolute atomic E-state index is 13.8. The van der Waals surface area contributed by atoms with E-state index in [2.05, 4.69) is 25.3 Å². The van der Waals surface area contributed by atoms with Gasteiger partial charge in [0.2, 0.25) is 0 Å². The van der Waals surface area contributed by atoms with Crippen LogP contribution in [-0.2, 0) is 19.4 Å².